The lowest BCUT2D eigenvalue weighted by Gasteiger charge is -2.20. The summed E-state index contributed by atoms with van der Waals surface area (Å²) in [7, 11) is 1.57. The van der Waals surface area contributed by atoms with Crippen molar-refractivity contribution < 1.29 is 14.6 Å². The van der Waals surface area contributed by atoms with E-state index < -0.39 is 5.60 Å². The zero-order chi connectivity index (χ0) is 9.45. The van der Waals surface area contributed by atoms with Gasteiger partial charge in [-0.15, -0.1) is 6.42 Å². The summed E-state index contributed by atoms with van der Waals surface area (Å²) in [5.74, 6) is 2.30. The van der Waals surface area contributed by atoms with Crippen molar-refractivity contribution in [1.29, 1.82) is 0 Å². The summed E-state index contributed by atoms with van der Waals surface area (Å²) in [6.45, 7) is 3.02. The maximum absolute atomic E-state index is 9.64. The fourth-order valence-electron chi connectivity index (χ4n) is 0.728. The van der Waals surface area contributed by atoms with E-state index in [0.29, 0.717) is 19.6 Å². The zero-order valence-electron chi connectivity index (χ0n) is 7.67. The molecule has 0 saturated carbocycles. The Bertz CT molecular complexity index is 140. The van der Waals surface area contributed by atoms with Crippen LogP contribution in [0, 0.1) is 12.3 Å². The molecular formula is C9H16O3. The van der Waals surface area contributed by atoms with Gasteiger partial charge in [-0.3, -0.25) is 0 Å². The van der Waals surface area contributed by atoms with Crippen molar-refractivity contribution >= 4 is 0 Å². The topological polar surface area (TPSA) is 38.7 Å². The first kappa shape index (κ1) is 11.4. The van der Waals surface area contributed by atoms with Gasteiger partial charge in [-0.1, -0.05) is 5.92 Å². The van der Waals surface area contributed by atoms with Gasteiger partial charge in [-0.2, -0.15) is 0 Å². The van der Waals surface area contributed by atoms with Gasteiger partial charge in [-0.25, -0.2) is 0 Å². The molecule has 1 atom stereocenters. The summed E-state index contributed by atoms with van der Waals surface area (Å²) >= 11 is 0. The van der Waals surface area contributed by atoms with Crippen LogP contribution >= 0.6 is 0 Å². The third-order valence-electron chi connectivity index (χ3n) is 1.53. The highest BCUT2D eigenvalue weighted by molar-refractivity contribution is 5.07. The fourth-order valence-corrected chi connectivity index (χ4v) is 0.728. The van der Waals surface area contributed by atoms with Crippen molar-refractivity contribution in [1.82, 2.24) is 0 Å². The van der Waals surface area contributed by atoms with Crippen molar-refractivity contribution in [3.05, 3.63) is 0 Å². The molecule has 0 heterocycles. The van der Waals surface area contributed by atoms with E-state index in [1.165, 1.54) is 0 Å². The predicted molar refractivity (Wildman–Crippen MR) is 46.8 cm³/mol. The Morgan fingerprint density at radius 3 is 2.67 bits per heavy atom. The molecule has 0 aliphatic heterocycles. The average Bonchev–Trinajstić information content (AvgIpc) is 2.11. The van der Waals surface area contributed by atoms with Crippen LogP contribution in [0.2, 0.25) is 0 Å². The van der Waals surface area contributed by atoms with Gasteiger partial charge in [0.05, 0.1) is 6.61 Å². The molecule has 0 fully saturated rings. The van der Waals surface area contributed by atoms with Crippen LogP contribution in [0.15, 0.2) is 0 Å². The third-order valence-corrected chi connectivity index (χ3v) is 1.53. The van der Waals surface area contributed by atoms with Gasteiger partial charge in [0.2, 0.25) is 0 Å². The highest BCUT2D eigenvalue weighted by Crippen LogP contribution is 2.09. The lowest BCUT2D eigenvalue weighted by molar-refractivity contribution is -0.0203. The molecule has 0 radical (unpaired) electrons. The molecule has 0 saturated heterocycles. The highest BCUT2D eigenvalue weighted by Gasteiger charge is 2.23. The van der Waals surface area contributed by atoms with E-state index in [0.717, 1.165) is 0 Å². The van der Waals surface area contributed by atoms with Crippen LogP contribution < -0.4 is 0 Å². The molecule has 0 bridgehead atoms. The van der Waals surface area contributed by atoms with E-state index in [-0.39, 0.29) is 6.61 Å². The Kier molecular flexibility index (Phi) is 5.73. The van der Waals surface area contributed by atoms with Gasteiger partial charge < -0.3 is 14.6 Å². The molecule has 1 N–H and O–H groups in total. The Morgan fingerprint density at radius 2 is 2.25 bits per heavy atom. The van der Waals surface area contributed by atoms with Crippen LogP contribution in [-0.2, 0) is 9.47 Å². The predicted octanol–water partition coefficient (Wildman–Crippen LogP) is 0.424. The fraction of sp³-hybridized carbons (Fsp3) is 0.778. The minimum atomic E-state index is -1.17. The number of aliphatic hydroxyl groups is 1. The quantitative estimate of drug-likeness (QED) is 0.590. The van der Waals surface area contributed by atoms with Gasteiger partial charge in [0.1, 0.15) is 0 Å². The van der Waals surface area contributed by atoms with Crippen LogP contribution in [-0.4, -0.2) is 37.6 Å². The molecule has 0 spiro atoms. The Labute approximate surface area is 73.7 Å². The van der Waals surface area contributed by atoms with Gasteiger partial charge in [0.15, 0.2) is 5.60 Å². The maximum atomic E-state index is 9.64. The van der Waals surface area contributed by atoms with Crippen LogP contribution in [0.4, 0.5) is 0 Å². The average molecular weight is 172 g/mol. The van der Waals surface area contributed by atoms with Gasteiger partial charge in [0, 0.05) is 26.7 Å². The lowest BCUT2D eigenvalue weighted by Crippen LogP contribution is -2.34. The molecule has 3 nitrogen and oxygen atoms in total. The molecule has 0 aliphatic rings. The first-order chi connectivity index (χ1) is 5.68. The maximum Gasteiger partial charge on any atom is 0.150 e. The minimum absolute atomic E-state index is 0.170. The summed E-state index contributed by atoms with van der Waals surface area (Å²) in [5, 5.41) is 9.64. The first-order valence-electron chi connectivity index (χ1n) is 3.95. The van der Waals surface area contributed by atoms with Gasteiger partial charge >= 0.3 is 0 Å². The number of hydrogen-bond acceptors (Lipinski definition) is 3. The second-order valence-electron chi connectivity index (χ2n) is 2.56. The largest absolute Gasteiger partial charge is 0.385 e. The molecule has 70 valence electrons. The Balaban J connectivity index is 3.81. The van der Waals surface area contributed by atoms with Crippen molar-refractivity contribution in [2.45, 2.75) is 18.9 Å². The molecule has 0 unspecified atom stereocenters. The minimum Gasteiger partial charge on any atom is -0.385 e. The number of ether oxygens (including phenoxy) is 2. The Hall–Kier alpha value is -0.560. The van der Waals surface area contributed by atoms with Gasteiger partial charge in [-0.05, 0) is 6.92 Å². The van der Waals surface area contributed by atoms with E-state index in [9.17, 15) is 5.11 Å². The van der Waals surface area contributed by atoms with Crippen LogP contribution in [0.3, 0.4) is 0 Å². The Morgan fingerprint density at radius 1 is 1.58 bits per heavy atom. The summed E-state index contributed by atoms with van der Waals surface area (Å²) in [4.78, 5) is 0. The molecule has 3 heteroatoms. The second-order valence-corrected chi connectivity index (χ2v) is 2.56. The molecule has 0 amide bonds. The first-order valence-corrected chi connectivity index (χ1v) is 3.95. The molecule has 0 aromatic rings. The molecule has 0 aromatic heterocycles. The standard InChI is InChI=1S/C9H16O3/c1-4-9(10,6-7-11-3)8-12-5-2/h1,10H,5-8H2,2-3H3/t9-/m1/s1. The highest BCUT2D eigenvalue weighted by atomic mass is 16.5. The number of hydrogen-bond donors (Lipinski definition) is 1. The van der Waals surface area contributed by atoms with Crippen molar-refractivity contribution in [3.63, 3.8) is 0 Å². The van der Waals surface area contributed by atoms with Crippen molar-refractivity contribution in [2.24, 2.45) is 0 Å². The molecule has 0 aromatic carbocycles. The lowest BCUT2D eigenvalue weighted by atomic mass is 10.0. The smallest absolute Gasteiger partial charge is 0.150 e. The number of terminal acetylenes is 1. The van der Waals surface area contributed by atoms with Crippen LogP contribution in [0.5, 0.6) is 0 Å². The molecule has 12 heavy (non-hydrogen) atoms. The van der Waals surface area contributed by atoms with E-state index in [4.69, 9.17) is 15.9 Å². The monoisotopic (exact) mass is 172 g/mol. The van der Waals surface area contributed by atoms with E-state index >= 15 is 0 Å². The molecular weight excluding hydrogens is 156 g/mol. The zero-order valence-corrected chi connectivity index (χ0v) is 7.67. The van der Waals surface area contributed by atoms with E-state index in [1.54, 1.807) is 7.11 Å². The van der Waals surface area contributed by atoms with Crippen molar-refractivity contribution in [3.8, 4) is 12.3 Å². The SMILES string of the molecule is C#C[C@@](O)(CCOC)COCC. The van der Waals surface area contributed by atoms with Crippen molar-refractivity contribution in [2.75, 3.05) is 26.9 Å². The van der Waals surface area contributed by atoms with Gasteiger partial charge in [0.25, 0.3) is 0 Å². The normalized spacial score (nSPS) is 15.2. The number of methoxy groups -OCH3 is 1. The molecule has 0 aliphatic carbocycles. The summed E-state index contributed by atoms with van der Waals surface area (Å²) in [5.41, 5.74) is -1.17. The van der Waals surface area contributed by atoms with Crippen LogP contribution in [0.1, 0.15) is 13.3 Å². The van der Waals surface area contributed by atoms with E-state index in [1.807, 2.05) is 6.92 Å². The summed E-state index contributed by atoms with van der Waals surface area (Å²) in [6.07, 6.45) is 5.56. The summed E-state index contributed by atoms with van der Waals surface area (Å²) < 4.78 is 9.85. The second kappa shape index (κ2) is 6.01. The molecule has 0 rings (SSSR count). The number of rotatable bonds is 6. The third kappa shape index (κ3) is 4.35. The summed E-state index contributed by atoms with van der Waals surface area (Å²) in [6, 6.07) is 0. The van der Waals surface area contributed by atoms with E-state index in [2.05, 4.69) is 5.92 Å². The van der Waals surface area contributed by atoms with Crippen LogP contribution in [0.25, 0.3) is 0 Å².